The summed E-state index contributed by atoms with van der Waals surface area (Å²) in [5.41, 5.74) is 1.05. The van der Waals surface area contributed by atoms with E-state index in [1.807, 2.05) is 31.2 Å². The van der Waals surface area contributed by atoms with Gasteiger partial charge in [-0.2, -0.15) is 0 Å². The van der Waals surface area contributed by atoms with Crippen molar-refractivity contribution in [3.63, 3.8) is 0 Å². The maximum Gasteiger partial charge on any atom is 0.314 e. The fraction of sp³-hybridized carbons (Fsp3) is 0.533. The van der Waals surface area contributed by atoms with E-state index in [0.29, 0.717) is 26.1 Å². The number of amides is 2. The summed E-state index contributed by atoms with van der Waals surface area (Å²) >= 11 is 0. The van der Waals surface area contributed by atoms with Crippen LogP contribution in [0, 0.1) is 12.8 Å². The van der Waals surface area contributed by atoms with Crippen LogP contribution in [0.15, 0.2) is 24.3 Å². The van der Waals surface area contributed by atoms with Crippen LogP contribution in [0.2, 0.25) is 0 Å². The molecule has 7 heteroatoms. The van der Waals surface area contributed by atoms with E-state index in [2.05, 4.69) is 10.6 Å². The lowest BCUT2D eigenvalue weighted by Crippen LogP contribution is -2.40. The van der Waals surface area contributed by atoms with Crippen molar-refractivity contribution in [3.8, 4) is 5.75 Å². The van der Waals surface area contributed by atoms with Gasteiger partial charge in [0.25, 0.3) is 0 Å². The Morgan fingerprint density at radius 2 is 2.09 bits per heavy atom. The van der Waals surface area contributed by atoms with Gasteiger partial charge in [-0.15, -0.1) is 0 Å². The zero-order valence-electron chi connectivity index (χ0n) is 12.7. The van der Waals surface area contributed by atoms with Gasteiger partial charge in [-0.1, -0.05) is 18.2 Å². The second kappa shape index (κ2) is 7.49. The van der Waals surface area contributed by atoms with Gasteiger partial charge < -0.3 is 15.4 Å². The first-order chi connectivity index (χ1) is 10.5. The van der Waals surface area contributed by atoms with Crippen molar-refractivity contribution in [1.29, 1.82) is 0 Å². The normalized spacial score (nSPS) is 19.6. The van der Waals surface area contributed by atoms with E-state index in [4.69, 9.17) is 4.74 Å². The molecule has 1 atom stereocenters. The molecule has 1 aliphatic heterocycles. The molecular formula is C15H22N2O4S. The Labute approximate surface area is 131 Å². The molecule has 22 heavy (non-hydrogen) atoms. The highest BCUT2D eigenvalue weighted by atomic mass is 32.2. The molecule has 0 bridgehead atoms. The predicted octanol–water partition coefficient (Wildman–Crippen LogP) is 1.11. The first kappa shape index (κ1) is 16.6. The minimum absolute atomic E-state index is 0.0268. The highest BCUT2D eigenvalue weighted by Gasteiger charge is 2.27. The van der Waals surface area contributed by atoms with Crippen LogP contribution >= 0.6 is 0 Å². The molecule has 0 radical (unpaired) electrons. The summed E-state index contributed by atoms with van der Waals surface area (Å²) in [4.78, 5) is 11.6. The average Bonchev–Trinajstić information content (AvgIpc) is 2.82. The van der Waals surface area contributed by atoms with Gasteiger partial charge in [-0.05, 0) is 30.9 Å². The fourth-order valence-corrected chi connectivity index (χ4v) is 4.24. The van der Waals surface area contributed by atoms with Crippen molar-refractivity contribution in [1.82, 2.24) is 10.6 Å². The van der Waals surface area contributed by atoms with Crippen molar-refractivity contribution in [2.45, 2.75) is 13.3 Å². The summed E-state index contributed by atoms with van der Waals surface area (Å²) in [5, 5.41) is 5.39. The Bertz CT molecular complexity index is 616. The summed E-state index contributed by atoms with van der Waals surface area (Å²) in [6.45, 7) is 3.13. The third-order valence-corrected chi connectivity index (χ3v) is 5.45. The number of hydrogen-bond donors (Lipinski definition) is 2. The summed E-state index contributed by atoms with van der Waals surface area (Å²) in [6, 6.07) is 7.40. The summed E-state index contributed by atoms with van der Waals surface area (Å²) in [5.74, 6) is 1.23. The standard InChI is InChI=1S/C15H22N2O4S/c1-12-4-2-3-5-14(12)21-8-7-16-15(18)17-10-13-6-9-22(19,20)11-13/h2-5,13H,6-11H2,1H3,(H2,16,17,18). The number of rotatable bonds is 6. The lowest BCUT2D eigenvalue weighted by molar-refractivity contribution is 0.235. The average molecular weight is 326 g/mol. The van der Waals surface area contributed by atoms with E-state index >= 15 is 0 Å². The Kier molecular flexibility index (Phi) is 5.65. The van der Waals surface area contributed by atoms with Crippen LogP contribution in [0.5, 0.6) is 5.75 Å². The highest BCUT2D eigenvalue weighted by molar-refractivity contribution is 7.91. The second-order valence-electron chi connectivity index (χ2n) is 5.52. The molecule has 1 aliphatic rings. The van der Waals surface area contributed by atoms with E-state index in [9.17, 15) is 13.2 Å². The van der Waals surface area contributed by atoms with Crippen LogP contribution in [-0.2, 0) is 9.84 Å². The Hall–Kier alpha value is -1.76. The molecule has 1 fully saturated rings. The lowest BCUT2D eigenvalue weighted by atomic mass is 10.1. The monoisotopic (exact) mass is 326 g/mol. The summed E-state index contributed by atoms with van der Waals surface area (Å²) < 4.78 is 28.2. The zero-order valence-corrected chi connectivity index (χ0v) is 13.5. The van der Waals surface area contributed by atoms with Crippen LogP contribution in [0.25, 0.3) is 0 Å². The van der Waals surface area contributed by atoms with Crippen LogP contribution in [0.3, 0.4) is 0 Å². The summed E-state index contributed by atoms with van der Waals surface area (Å²) in [6.07, 6.45) is 0.624. The van der Waals surface area contributed by atoms with Gasteiger partial charge in [0.15, 0.2) is 9.84 Å². The third kappa shape index (κ3) is 5.22. The highest BCUT2D eigenvalue weighted by Crippen LogP contribution is 2.17. The number of benzene rings is 1. The van der Waals surface area contributed by atoms with E-state index in [1.54, 1.807) is 0 Å². The number of nitrogens with one attached hydrogen (secondary N) is 2. The SMILES string of the molecule is Cc1ccccc1OCCNC(=O)NCC1CCS(=O)(=O)C1. The smallest absolute Gasteiger partial charge is 0.314 e. The van der Waals surface area contributed by atoms with Gasteiger partial charge in [-0.25, -0.2) is 13.2 Å². The number of ether oxygens (including phenoxy) is 1. The van der Waals surface area contributed by atoms with Crippen molar-refractivity contribution < 1.29 is 17.9 Å². The Morgan fingerprint density at radius 1 is 1.32 bits per heavy atom. The first-order valence-corrected chi connectivity index (χ1v) is 9.19. The first-order valence-electron chi connectivity index (χ1n) is 7.37. The molecule has 0 aromatic heterocycles. The van der Waals surface area contributed by atoms with Gasteiger partial charge in [0.2, 0.25) is 0 Å². The molecule has 2 N–H and O–H groups in total. The van der Waals surface area contributed by atoms with Crippen molar-refractivity contribution in [2.24, 2.45) is 5.92 Å². The number of urea groups is 1. The molecular weight excluding hydrogens is 304 g/mol. The van der Waals surface area contributed by atoms with E-state index in [0.717, 1.165) is 11.3 Å². The van der Waals surface area contributed by atoms with Crippen LogP contribution in [0.4, 0.5) is 4.79 Å². The van der Waals surface area contributed by atoms with E-state index in [1.165, 1.54) is 0 Å². The van der Waals surface area contributed by atoms with Gasteiger partial charge >= 0.3 is 6.03 Å². The second-order valence-corrected chi connectivity index (χ2v) is 7.75. The Balaban J connectivity index is 1.59. The lowest BCUT2D eigenvalue weighted by Gasteiger charge is -2.12. The molecule has 6 nitrogen and oxygen atoms in total. The zero-order chi connectivity index (χ0) is 16.0. The molecule has 1 heterocycles. The molecule has 0 aliphatic carbocycles. The number of para-hydroxylation sites is 1. The number of carbonyl (C=O) groups excluding carboxylic acids is 1. The fourth-order valence-electron chi connectivity index (χ4n) is 2.38. The number of carbonyl (C=O) groups is 1. The van der Waals surface area contributed by atoms with E-state index in [-0.39, 0.29) is 23.5 Å². The molecule has 1 unspecified atom stereocenters. The number of hydrogen-bond acceptors (Lipinski definition) is 4. The number of aryl methyl sites for hydroxylation is 1. The minimum atomic E-state index is -2.89. The maximum atomic E-state index is 11.6. The quantitative estimate of drug-likeness (QED) is 0.767. The van der Waals surface area contributed by atoms with Crippen LogP contribution < -0.4 is 15.4 Å². The summed E-state index contributed by atoms with van der Waals surface area (Å²) in [7, 11) is -2.89. The molecule has 0 saturated carbocycles. The van der Waals surface area contributed by atoms with Gasteiger partial charge in [0.1, 0.15) is 12.4 Å². The topological polar surface area (TPSA) is 84.5 Å². The predicted molar refractivity (Wildman–Crippen MR) is 84.8 cm³/mol. The molecule has 0 spiro atoms. The third-order valence-electron chi connectivity index (χ3n) is 3.62. The van der Waals surface area contributed by atoms with Crippen molar-refractivity contribution in [3.05, 3.63) is 29.8 Å². The van der Waals surface area contributed by atoms with Crippen molar-refractivity contribution in [2.75, 3.05) is 31.2 Å². The van der Waals surface area contributed by atoms with Gasteiger partial charge in [0.05, 0.1) is 18.1 Å². The van der Waals surface area contributed by atoms with E-state index < -0.39 is 9.84 Å². The van der Waals surface area contributed by atoms with Crippen LogP contribution in [-0.4, -0.2) is 45.7 Å². The van der Waals surface area contributed by atoms with Crippen LogP contribution in [0.1, 0.15) is 12.0 Å². The number of sulfone groups is 1. The van der Waals surface area contributed by atoms with Gasteiger partial charge in [0, 0.05) is 6.54 Å². The minimum Gasteiger partial charge on any atom is -0.491 e. The molecule has 2 rings (SSSR count). The molecule has 1 aromatic carbocycles. The molecule has 1 aromatic rings. The molecule has 1 saturated heterocycles. The Morgan fingerprint density at radius 3 is 2.77 bits per heavy atom. The molecule has 2 amide bonds. The van der Waals surface area contributed by atoms with Gasteiger partial charge in [-0.3, -0.25) is 0 Å². The maximum absolute atomic E-state index is 11.6. The molecule has 122 valence electrons. The largest absolute Gasteiger partial charge is 0.491 e. The van der Waals surface area contributed by atoms with Crippen molar-refractivity contribution >= 4 is 15.9 Å².